The largest absolute Gasteiger partial charge is 0.513 e. The number of ether oxygens (including phenoxy) is 5. The molecule has 5 aromatic rings. The molecule has 4 aliphatic rings. The first-order valence-corrected chi connectivity index (χ1v) is 28.4. The number of rotatable bonds is 24. The van der Waals surface area contributed by atoms with Gasteiger partial charge in [-0.25, -0.2) is 18.4 Å². The van der Waals surface area contributed by atoms with Crippen LogP contribution in [0.1, 0.15) is 99.1 Å². The zero-order chi connectivity index (χ0) is 60.2. The summed E-state index contributed by atoms with van der Waals surface area (Å²) in [5.41, 5.74) is 3.48. The van der Waals surface area contributed by atoms with E-state index in [1.165, 1.54) is 30.3 Å². The molecule has 6 atom stereocenters. The standard InChI is InChI=1S/C59H62ClF2N5O15.C2H6/c1-36-26-40(18-23-50(36)76-3)32-64(44-19-20-44)55(68)37(2)54-59(30-39-16-14-38(15-17-39)10-7-25-77-53-49(62)22-21-48(61)52(53)60)31-43(29-51(59)65(54)57(70)81-46-12-4-8-41(27-46)33-79-66(72)73)56(69)63-24-6-11-45(63)35-78-58(71)82-47-13-5-9-42(28-47)34-80-67(74)75;1-2/h4-5,8-9,12-18,21-23,26-28,37,43-45,51,54H,6-7,10-11,19-20,24-25,29-35H2,1-3H3;1-2H3. The van der Waals surface area contributed by atoms with Crippen LogP contribution in [0.25, 0.3) is 0 Å². The Morgan fingerprint density at radius 2 is 1.44 bits per heavy atom. The summed E-state index contributed by atoms with van der Waals surface area (Å²) < 4.78 is 56.6. The molecule has 2 heterocycles. The van der Waals surface area contributed by atoms with Gasteiger partial charge in [-0.05, 0) is 141 Å². The van der Waals surface area contributed by atoms with Gasteiger partial charge in [0.25, 0.3) is 10.2 Å². The van der Waals surface area contributed by atoms with Crippen molar-refractivity contribution < 1.29 is 71.5 Å². The molecule has 84 heavy (non-hydrogen) atoms. The molecule has 0 radical (unpaired) electrons. The van der Waals surface area contributed by atoms with Crippen LogP contribution in [0.4, 0.5) is 18.4 Å². The molecule has 3 amide bonds. The SMILES string of the molecule is CC.COc1ccc(CN(C(=O)C(C)C2N(C(=O)Oc3cccc(CO[N+](=O)[O-])c3)C3CC(C(=O)N4CCCC4COC(=O)Oc4cccc(CO[N+](=O)[O-])c4)CC32Cc2ccc(CCCOc3c(F)ccc(F)c3Cl)cc2)C2CC2)cc1C. The molecule has 5 aromatic carbocycles. The Labute approximate surface area is 490 Å². The van der Waals surface area contributed by atoms with Gasteiger partial charge in [0.2, 0.25) is 11.8 Å². The third-order valence-corrected chi connectivity index (χ3v) is 16.2. The molecule has 2 saturated heterocycles. The van der Waals surface area contributed by atoms with E-state index in [2.05, 4.69) is 9.68 Å². The second-order valence-electron chi connectivity index (χ2n) is 21.3. The predicted molar refractivity (Wildman–Crippen MR) is 301 cm³/mol. The quantitative estimate of drug-likeness (QED) is 0.0140. The van der Waals surface area contributed by atoms with Crippen LogP contribution in [0.15, 0.2) is 103 Å². The van der Waals surface area contributed by atoms with Gasteiger partial charge in [-0.15, -0.1) is 20.2 Å². The summed E-state index contributed by atoms with van der Waals surface area (Å²) in [4.78, 5) is 94.5. The van der Waals surface area contributed by atoms with Crippen molar-refractivity contribution in [3.05, 3.63) is 173 Å². The summed E-state index contributed by atoms with van der Waals surface area (Å²) in [6.45, 7) is 7.55. The van der Waals surface area contributed by atoms with E-state index >= 15 is 9.59 Å². The van der Waals surface area contributed by atoms with Crippen molar-refractivity contribution in [2.75, 3.05) is 26.9 Å². The number of carbonyl (C=O) groups excluding carboxylic acids is 4. The van der Waals surface area contributed by atoms with Crippen LogP contribution in [-0.4, -0.2) is 100.0 Å². The molecule has 4 fully saturated rings. The Hall–Kier alpha value is -8.27. The van der Waals surface area contributed by atoms with Crippen molar-refractivity contribution >= 4 is 35.7 Å². The minimum absolute atomic E-state index is 0.0402. The van der Waals surface area contributed by atoms with Crippen LogP contribution in [-0.2, 0) is 56.6 Å². The molecule has 0 spiro atoms. The highest BCUT2D eigenvalue weighted by Gasteiger charge is 2.70. The van der Waals surface area contributed by atoms with Gasteiger partial charge in [-0.2, -0.15) is 0 Å². The number of amides is 3. The zero-order valence-electron chi connectivity index (χ0n) is 47.4. The van der Waals surface area contributed by atoms with Gasteiger partial charge in [0.15, 0.2) is 11.6 Å². The van der Waals surface area contributed by atoms with E-state index in [9.17, 15) is 38.6 Å². The molecule has 9 rings (SSSR count). The van der Waals surface area contributed by atoms with Gasteiger partial charge in [-0.1, -0.05) is 93.0 Å². The molecule has 23 heteroatoms. The third kappa shape index (κ3) is 14.7. The molecule has 0 bridgehead atoms. The fourth-order valence-electron chi connectivity index (χ4n) is 12.1. The number of hydrogen-bond acceptors (Lipinski definition) is 15. The van der Waals surface area contributed by atoms with Crippen molar-refractivity contribution in [2.45, 2.75) is 129 Å². The van der Waals surface area contributed by atoms with Crippen molar-refractivity contribution in [1.82, 2.24) is 14.7 Å². The lowest BCUT2D eigenvalue weighted by atomic mass is 9.59. The maximum atomic E-state index is 15.4. The van der Waals surface area contributed by atoms with E-state index in [1.807, 2.05) is 75.1 Å². The van der Waals surface area contributed by atoms with E-state index < -0.39 is 81.1 Å². The Bertz CT molecular complexity index is 3190. The third-order valence-electron chi connectivity index (χ3n) is 15.9. The fraction of sp³-hybridized carbons (Fsp3) is 0.443. The first-order chi connectivity index (χ1) is 40.4. The summed E-state index contributed by atoms with van der Waals surface area (Å²) in [5.74, 6) is -2.93. The normalized spacial score (nSPS) is 19.8. The Morgan fingerprint density at radius 3 is 2.07 bits per heavy atom. The minimum Gasteiger partial charge on any atom is -0.496 e. The van der Waals surface area contributed by atoms with Gasteiger partial charge in [0.05, 0.1) is 31.7 Å². The van der Waals surface area contributed by atoms with Gasteiger partial charge in [0, 0.05) is 36.5 Å². The molecule has 6 unspecified atom stereocenters. The van der Waals surface area contributed by atoms with Gasteiger partial charge in [0.1, 0.15) is 47.9 Å². The summed E-state index contributed by atoms with van der Waals surface area (Å²) in [5, 5.41) is 19.5. The molecule has 448 valence electrons. The first-order valence-electron chi connectivity index (χ1n) is 28.1. The van der Waals surface area contributed by atoms with Crippen LogP contribution < -0.4 is 18.9 Å². The molecule has 2 aliphatic heterocycles. The summed E-state index contributed by atoms with van der Waals surface area (Å²) in [6, 6.07) is 25.7. The monoisotopic (exact) mass is 1180 g/mol. The van der Waals surface area contributed by atoms with Crippen LogP contribution in [0.3, 0.4) is 0 Å². The molecular weight excluding hydrogens is 1120 g/mol. The second-order valence-corrected chi connectivity index (χ2v) is 21.7. The van der Waals surface area contributed by atoms with Crippen molar-refractivity contribution in [1.29, 1.82) is 0 Å². The molecule has 0 aromatic heterocycles. The highest BCUT2D eigenvalue weighted by Crippen LogP contribution is 2.61. The number of likely N-dealkylation sites (tertiary alicyclic amines) is 2. The number of carbonyl (C=O) groups is 4. The van der Waals surface area contributed by atoms with Gasteiger partial charge < -0.3 is 43.2 Å². The van der Waals surface area contributed by atoms with E-state index in [0.29, 0.717) is 62.1 Å². The Morgan fingerprint density at radius 1 is 0.810 bits per heavy atom. The van der Waals surface area contributed by atoms with E-state index in [1.54, 1.807) is 35.1 Å². The average Bonchev–Trinajstić information content (AvgIpc) is 1.55. The lowest BCUT2D eigenvalue weighted by molar-refractivity contribution is -0.763. The molecule has 20 nitrogen and oxygen atoms in total. The maximum Gasteiger partial charge on any atom is 0.513 e. The lowest BCUT2D eigenvalue weighted by Crippen LogP contribution is -2.75. The topological polar surface area (TPSA) is 229 Å². The lowest BCUT2D eigenvalue weighted by Gasteiger charge is -2.62. The van der Waals surface area contributed by atoms with Crippen molar-refractivity contribution in [3.8, 4) is 23.0 Å². The number of aryl methyl sites for hydroxylation is 2. The molecule has 2 saturated carbocycles. The first kappa shape index (κ1) is 61.8. The van der Waals surface area contributed by atoms with Crippen LogP contribution in [0, 0.1) is 56.0 Å². The smallest absolute Gasteiger partial charge is 0.496 e. The Balaban J connectivity index is 0.00000455. The number of halogens is 3. The number of benzene rings is 5. The predicted octanol–water partition coefficient (Wildman–Crippen LogP) is 11.6. The average molecular weight is 1180 g/mol. The number of nitrogens with zero attached hydrogens (tertiary/aromatic N) is 5. The Kier molecular flexibility index (Phi) is 20.5. The van der Waals surface area contributed by atoms with Crippen molar-refractivity contribution in [3.63, 3.8) is 0 Å². The summed E-state index contributed by atoms with van der Waals surface area (Å²) in [6.07, 6.45) is 2.71. The van der Waals surface area contributed by atoms with Crippen LogP contribution in [0.5, 0.6) is 23.0 Å². The fourth-order valence-corrected chi connectivity index (χ4v) is 12.3. The van der Waals surface area contributed by atoms with Gasteiger partial charge >= 0.3 is 12.2 Å². The summed E-state index contributed by atoms with van der Waals surface area (Å²) in [7, 11) is 1.60. The molecule has 2 aliphatic carbocycles. The van der Waals surface area contributed by atoms with E-state index in [4.69, 9.17) is 35.3 Å². The van der Waals surface area contributed by atoms with Crippen LogP contribution in [0.2, 0.25) is 5.02 Å². The molecular formula is C61H68ClF2N5O15. The van der Waals surface area contributed by atoms with E-state index in [0.717, 1.165) is 47.2 Å². The minimum atomic E-state index is -1.04. The zero-order valence-corrected chi connectivity index (χ0v) is 48.1. The van der Waals surface area contributed by atoms with Crippen molar-refractivity contribution in [2.24, 2.45) is 17.3 Å². The number of fused-ring (bicyclic) bond motifs is 1. The maximum absolute atomic E-state index is 15.4. The van der Waals surface area contributed by atoms with Gasteiger partial charge in [-0.3, -0.25) is 14.5 Å². The molecule has 0 N–H and O–H groups in total. The number of hydrogen-bond donors (Lipinski definition) is 0. The highest BCUT2D eigenvalue weighted by atomic mass is 35.5. The van der Waals surface area contributed by atoms with Crippen LogP contribution >= 0.6 is 11.6 Å². The summed E-state index contributed by atoms with van der Waals surface area (Å²) >= 11 is 5.98. The number of methoxy groups -OCH3 is 1. The highest BCUT2D eigenvalue weighted by molar-refractivity contribution is 6.32. The van der Waals surface area contributed by atoms with E-state index in [-0.39, 0.29) is 67.8 Å². The second kappa shape index (κ2) is 27.9.